The summed E-state index contributed by atoms with van der Waals surface area (Å²) in [6.07, 6.45) is -0.951. The smallest absolute Gasteiger partial charge is 0.253 e. The van der Waals surface area contributed by atoms with Crippen molar-refractivity contribution in [1.29, 1.82) is 0 Å². The lowest BCUT2D eigenvalue weighted by Crippen LogP contribution is -2.07. The van der Waals surface area contributed by atoms with Crippen LogP contribution in [0.2, 0.25) is 0 Å². The highest BCUT2D eigenvalue weighted by Crippen LogP contribution is 2.33. The lowest BCUT2D eigenvalue weighted by atomic mass is 9.93. The van der Waals surface area contributed by atoms with E-state index in [1.165, 1.54) is 12.1 Å². The average molecular weight is 295 g/mol. The minimum Gasteiger partial charge on any atom is -0.253 e. The molecule has 0 aliphatic carbocycles. The molecule has 1 aromatic carbocycles. The van der Waals surface area contributed by atoms with Crippen LogP contribution in [0.1, 0.15) is 49.6 Å². The molecule has 1 aromatic heterocycles. The Kier molecular flexibility index (Phi) is 4.55. The van der Waals surface area contributed by atoms with Gasteiger partial charge in [-0.05, 0) is 48.6 Å². The van der Waals surface area contributed by atoms with Gasteiger partial charge in [-0.3, -0.25) is 4.98 Å². The molecule has 0 spiro atoms. The molecule has 1 nitrogen and oxygen atoms in total. The lowest BCUT2D eigenvalue weighted by molar-refractivity contribution is -0.137. The number of aromatic nitrogens is 1. The van der Waals surface area contributed by atoms with Crippen LogP contribution in [-0.2, 0) is 25.4 Å². The summed E-state index contributed by atoms with van der Waals surface area (Å²) in [6.45, 7) is 6.11. The second-order valence-corrected chi connectivity index (χ2v) is 5.20. The molecule has 0 aliphatic rings. The van der Waals surface area contributed by atoms with Gasteiger partial charge in [-0.25, -0.2) is 0 Å². The number of aryl methyl sites for hydroxylation is 2. The van der Waals surface area contributed by atoms with Gasteiger partial charge in [-0.15, -0.1) is 0 Å². The zero-order valence-corrected chi connectivity index (χ0v) is 12.6. The van der Waals surface area contributed by atoms with Gasteiger partial charge in [-0.1, -0.05) is 27.2 Å². The molecule has 0 N–H and O–H groups in total. The highest BCUT2D eigenvalue weighted by Gasteiger charge is 2.31. The van der Waals surface area contributed by atoms with E-state index in [1.54, 1.807) is 0 Å². The number of pyridine rings is 1. The normalized spacial score (nSPS) is 12.1. The summed E-state index contributed by atoms with van der Waals surface area (Å²) in [5.74, 6) is 0. The maximum Gasteiger partial charge on any atom is 0.416 e. The first-order valence-electron chi connectivity index (χ1n) is 7.43. The van der Waals surface area contributed by atoms with Crippen LogP contribution in [0.15, 0.2) is 18.2 Å². The number of fused-ring (bicyclic) bond motifs is 1. The summed E-state index contributed by atoms with van der Waals surface area (Å²) < 4.78 is 38.8. The van der Waals surface area contributed by atoms with Crippen LogP contribution >= 0.6 is 0 Å². The van der Waals surface area contributed by atoms with E-state index in [0.717, 1.165) is 48.6 Å². The fourth-order valence-corrected chi connectivity index (χ4v) is 2.84. The Balaban J connectivity index is 2.77. The van der Waals surface area contributed by atoms with Gasteiger partial charge in [0.05, 0.1) is 11.1 Å². The maximum absolute atomic E-state index is 12.9. The van der Waals surface area contributed by atoms with E-state index in [9.17, 15) is 13.2 Å². The number of alkyl halides is 3. The second-order valence-electron chi connectivity index (χ2n) is 5.20. The third kappa shape index (κ3) is 3.04. The topological polar surface area (TPSA) is 12.9 Å². The molecule has 1 heterocycles. The van der Waals surface area contributed by atoms with Crippen LogP contribution in [-0.4, -0.2) is 4.98 Å². The van der Waals surface area contributed by atoms with Crippen molar-refractivity contribution in [3.63, 3.8) is 0 Å². The van der Waals surface area contributed by atoms with Gasteiger partial charge in [0.1, 0.15) is 0 Å². The van der Waals surface area contributed by atoms with Crippen molar-refractivity contribution >= 4 is 10.9 Å². The van der Waals surface area contributed by atoms with E-state index in [1.807, 2.05) is 13.8 Å². The summed E-state index contributed by atoms with van der Waals surface area (Å²) in [4.78, 5) is 4.58. The number of benzene rings is 1. The van der Waals surface area contributed by atoms with Crippen molar-refractivity contribution < 1.29 is 13.2 Å². The van der Waals surface area contributed by atoms with Crippen LogP contribution in [0.5, 0.6) is 0 Å². The molecule has 0 radical (unpaired) electrons. The molecule has 2 aromatic rings. The Labute approximate surface area is 123 Å². The minimum atomic E-state index is -4.31. The fraction of sp³-hybridized carbons (Fsp3) is 0.471. The summed E-state index contributed by atoms with van der Waals surface area (Å²) in [5.41, 5.74) is 3.23. The monoisotopic (exact) mass is 295 g/mol. The molecule has 0 bridgehead atoms. The number of halogens is 3. The summed E-state index contributed by atoms with van der Waals surface area (Å²) >= 11 is 0. The number of hydrogen-bond acceptors (Lipinski definition) is 1. The third-order valence-corrected chi connectivity index (χ3v) is 3.81. The maximum atomic E-state index is 12.9. The molecule has 114 valence electrons. The molecule has 0 unspecified atom stereocenters. The average Bonchev–Trinajstić information content (AvgIpc) is 2.45. The molecule has 0 saturated carbocycles. The Hall–Kier alpha value is -1.58. The predicted octanol–water partition coefficient (Wildman–Crippen LogP) is 5.33. The van der Waals surface area contributed by atoms with Crippen LogP contribution in [0.4, 0.5) is 13.2 Å². The number of rotatable bonds is 4. The molecule has 0 aliphatic heterocycles. The number of nitrogens with zero attached hydrogens (tertiary/aromatic N) is 1. The van der Waals surface area contributed by atoms with Crippen molar-refractivity contribution in [1.82, 2.24) is 4.98 Å². The van der Waals surface area contributed by atoms with Gasteiger partial charge in [0, 0.05) is 11.1 Å². The summed E-state index contributed by atoms with van der Waals surface area (Å²) in [6, 6.07) is 3.86. The molecule has 0 fully saturated rings. The van der Waals surface area contributed by atoms with E-state index in [4.69, 9.17) is 0 Å². The van der Waals surface area contributed by atoms with Crippen LogP contribution < -0.4 is 0 Å². The van der Waals surface area contributed by atoms with E-state index >= 15 is 0 Å². The lowest BCUT2D eigenvalue weighted by Gasteiger charge is -2.16. The Morgan fingerprint density at radius 3 is 2.24 bits per heavy atom. The first kappa shape index (κ1) is 15.8. The zero-order valence-electron chi connectivity index (χ0n) is 12.6. The summed E-state index contributed by atoms with van der Waals surface area (Å²) in [5, 5.41) is 0.646. The SMILES string of the molecule is CCCc1c(CC)nc2ccc(C(F)(F)F)cc2c1CC. The highest BCUT2D eigenvalue weighted by atomic mass is 19.4. The molecular weight excluding hydrogens is 275 g/mol. The first-order valence-corrected chi connectivity index (χ1v) is 7.43. The molecular formula is C17H20F3N. The zero-order chi connectivity index (χ0) is 15.6. The van der Waals surface area contributed by atoms with Crippen LogP contribution in [0.25, 0.3) is 10.9 Å². The Bertz CT molecular complexity index is 645. The molecule has 0 atom stereocenters. The van der Waals surface area contributed by atoms with Gasteiger partial charge in [0.25, 0.3) is 0 Å². The third-order valence-electron chi connectivity index (χ3n) is 3.81. The van der Waals surface area contributed by atoms with Crippen molar-refractivity contribution in [2.24, 2.45) is 0 Å². The van der Waals surface area contributed by atoms with Gasteiger partial charge < -0.3 is 0 Å². The second kappa shape index (κ2) is 6.04. The van der Waals surface area contributed by atoms with E-state index in [-0.39, 0.29) is 0 Å². The van der Waals surface area contributed by atoms with Crippen molar-refractivity contribution in [3.05, 3.63) is 40.6 Å². The van der Waals surface area contributed by atoms with Gasteiger partial charge >= 0.3 is 6.18 Å². The quantitative estimate of drug-likeness (QED) is 0.742. The molecule has 21 heavy (non-hydrogen) atoms. The molecule has 0 amide bonds. The molecule has 4 heteroatoms. The van der Waals surface area contributed by atoms with Gasteiger partial charge in [-0.2, -0.15) is 13.2 Å². The van der Waals surface area contributed by atoms with Crippen molar-refractivity contribution in [2.45, 2.75) is 52.6 Å². The fourth-order valence-electron chi connectivity index (χ4n) is 2.84. The standard InChI is InChI=1S/C17H20F3N/c1-4-7-13-12(5-2)14-10-11(17(18,19)20)8-9-16(14)21-15(13)6-3/h8-10H,4-7H2,1-3H3. The Morgan fingerprint density at radius 2 is 1.71 bits per heavy atom. The predicted molar refractivity (Wildman–Crippen MR) is 79.5 cm³/mol. The number of hydrogen-bond donors (Lipinski definition) is 0. The highest BCUT2D eigenvalue weighted by molar-refractivity contribution is 5.84. The van der Waals surface area contributed by atoms with Crippen molar-refractivity contribution in [3.8, 4) is 0 Å². The van der Waals surface area contributed by atoms with E-state index in [0.29, 0.717) is 10.9 Å². The molecule has 2 rings (SSSR count). The van der Waals surface area contributed by atoms with Gasteiger partial charge in [0.15, 0.2) is 0 Å². The summed E-state index contributed by atoms with van der Waals surface area (Å²) in [7, 11) is 0. The largest absolute Gasteiger partial charge is 0.416 e. The van der Waals surface area contributed by atoms with E-state index in [2.05, 4.69) is 11.9 Å². The first-order chi connectivity index (χ1) is 9.92. The van der Waals surface area contributed by atoms with Crippen molar-refractivity contribution in [2.75, 3.05) is 0 Å². The molecule has 0 saturated heterocycles. The van der Waals surface area contributed by atoms with Gasteiger partial charge in [0.2, 0.25) is 0 Å². The minimum absolute atomic E-state index is 0.599. The Morgan fingerprint density at radius 1 is 1.00 bits per heavy atom. The van der Waals surface area contributed by atoms with Crippen LogP contribution in [0.3, 0.4) is 0 Å². The van der Waals surface area contributed by atoms with Crippen LogP contribution in [0, 0.1) is 0 Å². The van der Waals surface area contributed by atoms with E-state index < -0.39 is 11.7 Å².